The van der Waals surface area contributed by atoms with Crippen LogP contribution in [0.5, 0.6) is 5.75 Å². The lowest BCUT2D eigenvalue weighted by Gasteiger charge is -2.23. The first-order chi connectivity index (χ1) is 8.13. The third-order valence-electron chi connectivity index (χ3n) is 2.61. The molecule has 0 spiro atoms. The van der Waals surface area contributed by atoms with E-state index in [9.17, 15) is 15.0 Å². The van der Waals surface area contributed by atoms with E-state index in [2.05, 4.69) is 5.32 Å². The van der Waals surface area contributed by atoms with Crippen LogP contribution in [-0.4, -0.2) is 29.5 Å². The molecule has 2 atom stereocenters. The van der Waals surface area contributed by atoms with Crippen molar-refractivity contribution < 1.29 is 19.7 Å². The lowest BCUT2D eigenvalue weighted by Crippen LogP contribution is -2.24. The summed E-state index contributed by atoms with van der Waals surface area (Å²) in [4.78, 5) is 11.1. The van der Waals surface area contributed by atoms with E-state index in [1.807, 2.05) is 0 Å². The molecule has 0 saturated carbocycles. The molecule has 0 unspecified atom stereocenters. The summed E-state index contributed by atoms with van der Waals surface area (Å²) in [5.74, 6) is 0.351. The molecule has 0 bridgehead atoms. The Kier molecular flexibility index (Phi) is 3.12. The highest BCUT2D eigenvalue weighted by Gasteiger charge is 2.24. The lowest BCUT2D eigenvalue weighted by molar-refractivity contribution is 0.0468. The van der Waals surface area contributed by atoms with Crippen molar-refractivity contribution in [3.05, 3.63) is 35.4 Å². The third-order valence-corrected chi connectivity index (χ3v) is 2.61. The number of rotatable bonds is 1. The Morgan fingerprint density at radius 2 is 2.18 bits per heavy atom. The SMILES string of the molecule is CNC(=O)Oc1cccc2c1C=C[C@@H](O)[C@@H]2O. The normalized spacial score (nSPS) is 21.8. The van der Waals surface area contributed by atoms with Gasteiger partial charge in [-0.2, -0.15) is 0 Å². The molecule has 3 N–H and O–H groups in total. The molecule has 0 saturated heterocycles. The van der Waals surface area contributed by atoms with Crippen molar-refractivity contribution >= 4 is 12.2 Å². The molecule has 1 aliphatic carbocycles. The standard InChI is InChI=1S/C12H13NO4/c1-13-12(16)17-10-4-2-3-8-7(10)5-6-9(14)11(8)15/h2-6,9,11,14-15H,1H3,(H,13,16)/t9-,11-/m1/s1. The van der Waals surface area contributed by atoms with Crippen LogP contribution >= 0.6 is 0 Å². The Labute approximate surface area is 98.3 Å². The number of carbonyl (C=O) groups is 1. The van der Waals surface area contributed by atoms with Crippen molar-refractivity contribution in [1.29, 1.82) is 0 Å². The summed E-state index contributed by atoms with van der Waals surface area (Å²) >= 11 is 0. The minimum atomic E-state index is -0.997. The molecule has 0 heterocycles. The van der Waals surface area contributed by atoms with Crippen molar-refractivity contribution in [1.82, 2.24) is 5.32 Å². The molecule has 1 aromatic carbocycles. The Bertz CT molecular complexity index is 470. The van der Waals surface area contributed by atoms with Gasteiger partial charge >= 0.3 is 6.09 Å². The highest BCUT2D eigenvalue weighted by Crippen LogP contribution is 2.33. The maximum Gasteiger partial charge on any atom is 0.412 e. The third kappa shape index (κ3) is 2.15. The zero-order valence-corrected chi connectivity index (χ0v) is 9.25. The molecule has 5 heteroatoms. The fourth-order valence-electron chi connectivity index (χ4n) is 1.72. The van der Waals surface area contributed by atoms with Gasteiger partial charge in [0.15, 0.2) is 0 Å². The maximum atomic E-state index is 11.1. The van der Waals surface area contributed by atoms with Gasteiger partial charge in [0.2, 0.25) is 0 Å². The molecule has 1 aromatic rings. The summed E-state index contributed by atoms with van der Waals surface area (Å²) < 4.78 is 5.05. The van der Waals surface area contributed by atoms with Gasteiger partial charge in [0, 0.05) is 12.6 Å². The van der Waals surface area contributed by atoms with Gasteiger partial charge in [-0.1, -0.05) is 24.3 Å². The fraction of sp³-hybridized carbons (Fsp3) is 0.250. The topological polar surface area (TPSA) is 78.8 Å². The number of amides is 1. The second kappa shape index (κ2) is 4.57. The number of aliphatic hydroxyl groups is 2. The molecular weight excluding hydrogens is 222 g/mol. The van der Waals surface area contributed by atoms with Gasteiger partial charge in [-0.3, -0.25) is 0 Å². The number of aliphatic hydroxyl groups excluding tert-OH is 2. The predicted molar refractivity (Wildman–Crippen MR) is 61.5 cm³/mol. The van der Waals surface area contributed by atoms with E-state index in [4.69, 9.17) is 4.74 Å². The van der Waals surface area contributed by atoms with Crippen LogP contribution in [0.4, 0.5) is 4.79 Å². The molecule has 0 fully saturated rings. The monoisotopic (exact) mass is 235 g/mol. The summed E-state index contributed by atoms with van der Waals surface area (Å²) in [7, 11) is 1.46. The quantitative estimate of drug-likeness (QED) is 0.673. The molecule has 1 amide bonds. The second-order valence-corrected chi connectivity index (χ2v) is 3.69. The van der Waals surface area contributed by atoms with Crippen LogP contribution in [0.15, 0.2) is 24.3 Å². The number of nitrogens with one attached hydrogen (secondary N) is 1. The summed E-state index contributed by atoms with van der Waals surface area (Å²) in [5.41, 5.74) is 1.15. The highest BCUT2D eigenvalue weighted by atomic mass is 16.6. The smallest absolute Gasteiger partial charge is 0.410 e. The van der Waals surface area contributed by atoms with Crippen molar-refractivity contribution in [3.8, 4) is 5.75 Å². The first kappa shape index (κ1) is 11.6. The molecule has 1 aliphatic rings. The van der Waals surface area contributed by atoms with Crippen molar-refractivity contribution in [3.63, 3.8) is 0 Å². The lowest BCUT2D eigenvalue weighted by atomic mass is 9.92. The first-order valence-corrected chi connectivity index (χ1v) is 5.20. The van der Waals surface area contributed by atoms with Crippen molar-refractivity contribution in [2.45, 2.75) is 12.2 Å². The fourth-order valence-corrected chi connectivity index (χ4v) is 1.72. The van der Waals surface area contributed by atoms with Crippen LogP contribution in [0.3, 0.4) is 0 Å². The van der Waals surface area contributed by atoms with Crippen LogP contribution < -0.4 is 10.1 Å². The minimum Gasteiger partial charge on any atom is -0.410 e. The Morgan fingerprint density at radius 1 is 1.41 bits per heavy atom. The minimum absolute atomic E-state index is 0.351. The van der Waals surface area contributed by atoms with Crippen LogP contribution in [0, 0.1) is 0 Å². The van der Waals surface area contributed by atoms with Crippen LogP contribution in [0.2, 0.25) is 0 Å². The molecular formula is C12H13NO4. The van der Waals surface area contributed by atoms with Gasteiger partial charge in [0.05, 0.1) is 0 Å². The number of hydrogen-bond acceptors (Lipinski definition) is 4. The van der Waals surface area contributed by atoms with E-state index in [1.165, 1.54) is 13.1 Å². The van der Waals surface area contributed by atoms with E-state index in [1.54, 1.807) is 24.3 Å². The van der Waals surface area contributed by atoms with Crippen LogP contribution in [0.25, 0.3) is 6.08 Å². The van der Waals surface area contributed by atoms with E-state index >= 15 is 0 Å². The molecule has 0 aliphatic heterocycles. The molecule has 2 rings (SSSR count). The molecule has 5 nitrogen and oxygen atoms in total. The summed E-state index contributed by atoms with van der Waals surface area (Å²) in [6, 6.07) is 4.97. The van der Waals surface area contributed by atoms with Gasteiger partial charge in [0.25, 0.3) is 0 Å². The van der Waals surface area contributed by atoms with Gasteiger partial charge in [-0.15, -0.1) is 0 Å². The number of hydrogen-bond donors (Lipinski definition) is 3. The summed E-state index contributed by atoms with van der Waals surface area (Å²) in [6.45, 7) is 0. The average molecular weight is 235 g/mol. The van der Waals surface area contributed by atoms with E-state index in [0.29, 0.717) is 16.9 Å². The second-order valence-electron chi connectivity index (χ2n) is 3.69. The van der Waals surface area contributed by atoms with Gasteiger partial charge in [-0.25, -0.2) is 4.79 Å². The Hall–Kier alpha value is -1.85. The summed E-state index contributed by atoms with van der Waals surface area (Å²) in [5, 5.41) is 21.6. The molecule has 17 heavy (non-hydrogen) atoms. The number of fused-ring (bicyclic) bond motifs is 1. The van der Waals surface area contributed by atoms with Crippen LogP contribution in [0.1, 0.15) is 17.2 Å². The highest BCUT2D eigenvalue weighted by molar-refractivity contribution is 5.74. The van der Waals surface area contributed by atoms with Gasteiger partial charge in [-0.05, 0) is 11.6 Å². The zero-order chi connectivity index (χ0) is 12.4. The van der Waals surface area contributed by atoms with Gasteiger partial charge < -0.3 is 20.3 Å². The maximum absolute atomic E-state index is 11.1. The largest absolute Gasteiger partial charge is 0.412 e. The number of benzene rings is 1. The average Bonchev–Trinajstić information content (AvgIpc) is 2.34. The molecule has 0 radical (unpaired) electrons. The number of ether oxygens (including phenoxy) is 1. The van der Waals surface area contributed by atoms with Crippen LogP contribution in [-0.2, 0) is 0 Å². The van der Waals surface area contributed by atoms with E-state index in [-0.39, 0.29) is 0 Å². The Morgan fingerprint density at radius 3 is 2.88 bits per heavy atom. The Balaban J connectivity index is 2.39. The molecule has 0 aromatic heterocycles. The molecule has 90 valence electrons. The first-order valence-electron chi connectivity index (χ1n) is 5.20. The van der Waals surface area contributed by atoms with Crippen molar-refractivity contribution in [2.75, 3.05) is 7.05 Å². The zero-order valence-electron chi connectivity index (χ0n) is 9.25. The van der Waals surface area contributed by atoms with E-state index in [0.717, 1.165) is 0 Å². The van der Waals surface area contributed by atoms with E-state index < -0.39 is 18.3 Å². The van der Waals surface area contributed by atoms with Gasteiger partial charge in [0.1, 0.15) is 18.0 Å². The van der Waals surface area contributed by atoms with Crippen molar-refractivity contribution in [2.24, 2.45) is 0 Å². The number of carbonyl (C=O) groups excluding carboxylic acids is 1. The summed E-state index contributed by atoms with van der Waals surface area (Å²) in [6.07, 6.45) is 0.586. The predicted octanol–water partition coefficient (Wildman–Crippen LogP) is 0.826.